The molecule has 0 saturated carbocycles. The molecule has 2 unspecified atom stereocenters. The van der Waals surface area contributed by atoms with Crippen molar-refractivity contribution in [1.82, 2.24) is 14.9 Å². The second-order valence-corrected chi connectivity index (χ2v) is 7.24. The Labute approximate surface area is 111 Å². The van der Waals surface area contributed by atoms with Crippen molar-refractivity contribution in [3.8, 4) is 0 Å². The van der Waals surface area contributed by atoms with Crippen LogP contribution in [0.25, 0.3) is 0 Å². The number of hydrogen-bond acceptors (Lipinski definition) is 4. The third-order valence-corrected chi connectivity index (χ3v) is 5.40. The smallest absolute Gasteiger partial charge is 0.215 e. The quantitative estimate of drug-likeness (QED) is 0.667. The van der Waals surface area contributed by atoms with Crippen LogP contribution in [0.1, 0.15) is 27.2 Å². The van der Waals surface area contributed by atoms with Gasteiger partial charge in [-0.05, 0) is 38.9 Å². The van der Waals surface area contributed by atoms with Gasteiger partial charge in [0, 0.05) is 19.6 Å². The number of nitrogens with one attached hydrogen (secondary N) is 2. The highest BCUT2D eigenvalue weighted by Gasteiger charge is 2.25. The number of hydrogen-bond donors (Lipinski definition) is 2. The predicted molar refractivity (Wildman–Crippen MR) is 75.1 cm³/mol. The molecule has 6 heteroatoms. The molecule has 1 aliphatic rings. The van der Waals surface area contributed by atoms with Crippen LogP contribution in [0.5, 0.6) is 0 Å². The van der Waals surface area contributed by atoms with E-state index in [9.17, 15) is 8.42 Å². The van der Waals surface area contributed by atoms with Gasteiger partial charge in [0.05, 0.1) is 5.25 Å². The molecule has 0 radical (unpaired) electrons. The van der Waals surface area contributed by atoms with E-state index in [1.54, 1.807) is 6.92 Å². The van der Waals surface area contributed by atoms with Crippen molar-refractivity contribution in [2.45, 2.75) is 32.4 Å². The Morgan fingerprint density at radius 2 is 2.11 bits per heavy atom. The molecule has 1 fully saturated rings. The average molecular weight is 277 g/mol. The lowest BCUT2D eigenvalue weighted by Gasteiger charge is -2.17. The van der Waals surface area contributed by atoms with Gasteiger partial charge in [-0.25, -0.2) is 13.1 Å². The van der Waals surface area contributed by atoms with Crippen LogP contribution in [0.15, 0.2) is 0 Å². The molecule has 0 aromatic carbocycles. The first-order valence-corrected chi connectivity index (χ1v) is 8.45. The molecule has 0 aromatic rings. The number of likely N-dealkylation sites (tertiary alicyclic amines) is 1. The molecule has 108 valence electrons. The second kappa shape index (κ2) is 7.43. The van der Waals surface area contributed by atoms with Crippen LogP contribution in [0.4, 0.5) is 0 Å². The topological polar surface area (TPSA) is 61.4 Å². The molecule has 1 heterocycles. The fourth-order valence-electron chi connectivity index (χ4n) is 2.20. The maximum Gasteiger partial charge on any atom is 0.215 e. The van der Waals surface area contributed by atoms with E-state index in [1.807, 2.05) is 6.92 Å². The van der Waals surface area contributed by atoms with Crippen LogP contribution in [-0.4, -0.2) is 57.8 Å². The zero-order chi connectivity index (χ0) is 13.6. The van der Waals surface area contributed by atoms with Crippen molar-refractivity contribution < 1.29 is 8.42 Å². The summed E-state index contributed by atoms with van der Waals surface area (Å²) in [6, 6.07) is 0. The SMILES string of the molecule is CCNCC(C)S(=O)(=O)NCC1CCN(CC)C1. The Morgan fingerprint density at radius 1 is 1.39 bits per heavy atom. The summed E-state index contributed by atoms with van der Waals surface area (Å²) in [6.07, 6.45) is 1.10. The first-order valence-electron chi connectivity index (χ1n) is 6.91. The lowest BCUT2D eigenvalue weighted by Crippen LogP contribution is -2.41. The molecule has 0 aliphatic carbocycles. The summed E-state index contributed by atoms with van der Waals surface area (Å²) < 4.78 is 26.7. The summed E-state index contributed by atoms with van der Waals surface area (Å²) in [5.74, 6) is 0.464. The molecular weight excluding hydrogens is 250 g/mol. The molecule has 5 nitrogen and oxygen atoms in total. The van der Waals surface area contributed by atoms with Gasteiger partial charge in [-0.3, -0.25) is 0 Å². The summed E-state index contributed by atoms with van der Waals surface area (Å²) in [6.45, 7) is 10.9. The first-order chi connectivity index (χ1) is 8.49. The van der Waals surface area contributed by atoms with Gasteiger partial charge in [-0.2, -0.15) is 0 Å². The van der Waals surface area contributed by atoms with Crippen LogP contribution in [0.2, 0.25) is 0 Å². The highest BCUT2D eigenvalue weighted by Crippen LogP contribution is 2.15. The molecule has 2 N–H and O–H groups in total. The zero-order valence-corrected chi connectivity index (χ0v) is 12.6. The van der Waals surface area contributed by atoms with Crippen LogP contribution in [0, 0.1) is 5.92 Å². The molecule has 0 bridgehead atoms. The Kier molecular flexibility index (Phi) is 6.55. The molecule has 18 heavy (non-hydrogen) atoms. The van der Waals surface area contributed by atoms with Crippen molar-refractivity contribution >= 4 is 10.0 Å². The van der Waals surface area contributed by atoms with E-state index in [0.29, 0.717) is 19.0 Å². The van der Waals surface area contributed by atoms with E-state index in [4.69, 9.17) is 0 Å². The molecule has 1 aliphatic heterocycles. The predicted octanol–water partition coefficient (Wildman–Crippen LogP) is 0.246. The number of rotatable bonds is 8. The molecule has 2 atom stereocenters. The fourth-order valence-corrected chi connectivity index (χ4v) is 3.29. The maximum absolute atomic E-state index is 12.0. The van der Waals surface area contributed by atoms with E-state index in [2.05, 4.69) is 21.9 Å². The van der Waals surface area contributed by atoms with E-state index < -0.39 is 10.0 Å². The van der Waals surface area contributed by atoms with Crippen LogP contribution >= 0.6 is 0 Å². The molecular formula is C12H27N3O2S. The van der Waals surface area contributed by atoms with Gasteiger partial charge >= 0.3 is 0 Å². The molecule has 0 aromatic heterocycles. The Bertz CT molecular complexity index is 332. The van der Waals surface area contributed by atoms with Gasteiger partial charge in [-0.1, -0.05) is 13.8 Å². The lowest BCUT2D eigenvalue weighted by molar-refractivity contribution is 0.342. The normalized spacial score (nSPS) is 23.4. The largest absolute Gasteiger partial charge is 0.316 e. The molecule has 1 saturated heterocycles. The van der Waals surface area contributed by atoms with Crippen LogP contribution < -0.4 is 10.0 Å². The van der Waals surface area contributed by atoms with Gasteiger partial charge in [0.2, 0.25) is 10.0 Å². The van der Waals surface area contributed by atoms with Gasteiger partial charge < -0.3 is 10.2 Å². The number of nitrogens with zero attached hydrogens (tertiary/aromatic N) is 1. The number of sulfonamides is 1. The highest BCUT2D eigenvalue weighted by molar-refractivity contribution is 7.90. The van der Waals surface area contributed by atoms with Crippen molar-refractivity contribution in [3.63, 3.8) is 0 Å². The van der Waals surface area contributed by atoms with E-state index in [0.717, 1.165) is 32.6 Å². The molecule has 1 rings (SSSR count). The van der Waals surface area contributed by atoms with Crippen molar-refractivity contribution in [2.24, 2.45) is 5.92 Å². The summed E-state index contributed by atoms with van der Waals surface area (Å²) in [5.41, 5.74) is 0. The second-order valence-electron chi connectivity index (χ2n) is 5.06. The molecule has 0 spiro atoms. The van der Waals surface area contributed by atoms with E-state index in [-0.39, 0.29) is 5.25 Å². The van der Waals surface area contributed by atoms with Crippen molar-refractivity contribution in [2.75, 3.05) is 39.3 Å². The monoisotopic (exact) mass is 277 g/mol. The Morgan fingerprint density at radius 3 is 2.67 bits per heavy atom. The summed E-state index contributed by atoms with van der Waals surface area (Å²) in [4.78, 5) is 2.36. The van der Waals surface area contributed by atoms with Gasteiger partial charge in [0.1, 0.15) is 0 Å². The summed E-state index contributed by atoms with van der Waals surface area (Å²) >= 11 is 0. The minimum absolute atomic E-state index is 0.374. The fraction of sp³-hybridized carbons (Fsp3) is 1.00. The first kappa shape index (κ1) is 15.9. The van der Waals surface area contributed by atoms with Crippen LogP contribution in [0.3, 0.4) is 0 Å². The lowest BCUT2D eigenvalue weighted by atomic mass is 10.1. The minimum Gasteiger partial charge on any atom is -0.316 e. The summed E-state index contributed by atoms with van der Waals surface area (Å²) in [5, 5.41) is 2.70. The van der Waals surface area contributed by atoms with Crippen LogP contribution in [-0.2, 0) is 10.0 Å². The Hall–Kier alpha value is -0.170. The van der Waals surface area contributed by atoms with E-state index >= 15 is 0 Å². The highest BCUT2D eigenvalue weighted by atomic mass is 32.2. The van der Waals surface area contributed by atoms with Crippen molar-refractivity contribution in [1.29, 1.82) is 0 Å². The zero-order valence-electron chi connectivity index (χ0n) is 11.8. The third-order valence-electron chi connectivity index (χ3n) is 3.60. The van der Waals surface area contributed by atoms with Gasteiger partial charge in [0.25, 0.3) is 0 Å². The summed E-state index contributed by atoms with van der Waals surface area (Å²) in [7, 11) is -3.18. The average Bonchev–Trinajstić information content (AvgIpc) is 2.81. The molecule has 0 amide bonds. The van der Waals surface area contributed by atoms with Gasteiger partial charge in [0.15, 0.2) is 0 Å². The maximum atomic E-state index is 12.0. The minimum atomic E-state index is -3.18. The Balaban J connectivity index is 2.33. The standard InChI is InChI=1S/C12H27N3O2S/c1-4-13-8-11(3)18(16,17)14-9-12-6-7-15(5-2)10-12/h11-14H,4-10H2,1-3H3. The van der Waals surface area contributed by atoms with E-state index in [1.165, 1.54) is 0 Å². The van der Waals surface area contributed by atoms with Crippen molar-refractivity contribution in [3.05, 3.63) is 0 Å². The van der Waals surface area contributed by atoms with Gasteiger partial charge in [-0.15, -0.1) is 0 Å². The third kappa shape index (κ3) is 4.84.